The predicted molar refractivity (Wildman–Crippen MR) is 71.2 cm³/mol. The van der Waals surface area contributed by atoms with Crippen LogP contribution in [0.5, 0.6) is 0 Å². The second kappa shape index (κ2) is 5.87. The molecule has 2 rings (SSSR count). The van der Waals surface area contributed by atoms with Gasteiger partial charge in [0.25, 0.3) is 0 Å². The highest BCUT2D eigenvalue weighted by molar-refractivity contribution is 5.76. The molecule has 0 saturated carbocycles. The van der Waals surface area contributed by atoms with Crippen LogP contribution in [0.3, 0.4) is 0 Å². The molecular weight excluding hydrogens is 228 g/mol. The highest BCUT2D eigenvalue weighted by Gasteiger charge is 2.23. The van der Waals surface area contributed by atoms with E-state index in [9.17, 15) is 4.79 Å². The molecule has 18 heavy (non-hydrogen) atoms. The van der Waals surface area contributed by atoms with Crippen molar-refractivity contribution < 1.29 is 9.53 Å². The third-order valence-corrected chi connectivity index (χ3v) is 3.51. The number of ether oxygens (including phenoxy) is 1. The maximum absolute atomic E-state index is 12.0. The number of hydrogen-bond donors (Lipinski definition) is 1. The van der Waals surface area contributed by atoms with E-state index in [-0.39, 0.29) is 11.9 Å². The summed E-state index contributed by atoms with van der Waals surface area (Å²) in [4.78, 5) is 13.9. The van der Waals surface area contributed by atoms with Crippen LogP contribution >= 0.6 is 0 Å². The van der Waals surface area contributed by atoms with E-state index in [1.54, 1.807) is 0 Å². The molecule has 0 aliphatic carbocycles. The number of benzene rings is 1. The van der Waals surface area contributed by atoms with Gasteiger partial charge in [0.2, 0.25) is 5.91 Å². The number of para-hydroxylation sites is 1. The number of aryl methyl sites for hydroxylation is 1. The molecule has 1 atom stereocenters. The van der Waals surface area contributed by atoms with Gasteiger partial charge in [0.15, 0.2) is 0 Å². The lowest BCUT2D eigenvalue weighted by molar-refractivity contribution is -0.131. The number of hydrogen-bond acceptors (Lipinski definition) is 3. The first-order valence-electron chi connectivity index (χ1n) is 6.35. The molecule has 1 heterocycles. The fourth-order valence-electron chi connectivity index (χ4n) is 2.21. The molecule has 0 bridgehead atoms. The first-order chi connectivity index (χ1) is 8.68. The van der Waals surface area contributed by atoms with Gasteiger partial charge in [-0.3, -0.25) is 4.79 Å². The van der Waals surface area contributed by atoms with Crippen molar-refractivity contribution in [2.24, 2.45) is 0 Å². The van der Waals surface area contributed by atoms with Gasteiger partial charge in [-0.1, -0.05) is 18.2 Å². The van der Waals surface area contributed by atoms with E-state index in [2.05, 4.69) is 0 Å². The van der Waals surface area contributed by atoms with Crippen molar-refractivity contribution in [3.05, 3.63) is 29.8 Å². The van der Waals surface area contributed by atoms with Crippen molar-refractivity contribution in [1.82, 2.24) is 4.90 Å². The molecule has 0 spiro atoms. The lowest BCUT2D eigenvalue weighted by Gasteiger charge is -2.23. The van der Waals surface area contributed by atoms with Gasteiger partial charge in [0.1, 0.15) is 0 Å². The van der Waals surface area contributed by atoms with Crippen LogP contribution in [0.4, 0.5) is 5.69 Å². The molecule has 4 nitrogen and oxygen atoms in total. The molecule has 1 fully saturated rings. The second-order valence-corrected chi connectivity index (χ2v) is 4.72. The zero-order valence-corrected chi connectivity index (χ0v) is 10.8. The highest BCUT2D eigenvalue weighted by Crippen LogP contribution is 2.15. The van der Waals surface area contributed by atoms with Gasteiger partial charge in [-0.25, -0.2) is 0 Å². The fourth-order valence-corrected chi connectivity index (χ4v) is 2.21. The molecule has 4 heteroatoms. The van der Waals surface area contributed by atoms with Crippen LogP contribution in [-0.2, 0) is 16.0 Å². The summed E-state index contributed by atoms with van der Waals surface area (Å²) >= 11 is 0. The van der Waals surface area contributed by atoms with E-state index in [0.717, 1.165) is 24.3 Å². The SMILES string of the molecule is CN(C(=O)CCc1ccccc1N)C1CCOC1. The minimum Gasteiger partial charge on any atom is -0.399 e. The number of nitrogens with zero attached hydrogens (tertiary/aromatic N) is 1. The van der Waals surface area contributed by atoms with E-state index in [1.807, 2.05) is 36.2 Å². The highest BCUT2D eigenvalue weighted by atomic mass is 16.5. The lowest BCUT2D eigenvalue weighted by atomic mass is 10.1. The van der Waals surface area contributed by atoms with Crippen LogP contribution in [0.1, 0.15) is 18.4 Å². The van der Waals surface area contributed by atoms with Gasteiger partial charge < -0.3 is 15.4 Å². The Hall–Kier alpha value is -1.55. The first-order valence-corrected chi connectivity index (χ1v) is 6.35. The van der Waals surface area contributed by atoms with Crippen molar-refractivity contribution in [2.45, 2.75) is 25.3 Å². The van der Waals surface area contributed by atoms with Crippen LogP contribution in [0.2, 0.25) is 0 Å². The van der Waals surface area contributed by atoms with Crippen LogP contribution in [0.25, 0.3) is 0 Å². The normalized spacial score (nSPS) is 18.8. The van der Waals surface area contributed by atoms with Crippen molar-refractivity contribution in [2.75, 3.05) is 26.0 Å². The number of carbonyl (C=O) groups is 1. The van der Waals surface area contributed by atoms with E-state index in [1.165, 1.54) is 0 Å². The zero-order valence-electron chi connectivity index (χ0n) is 10.8. The molecule has 98 valence electrons. The first kappa shape index (κ1) is 12.9. The maximum atomic E-state index is 12.0. The number of amides is 1. The Balaban J connectivity index is 1.86. The zero-order chi connectivity index (χ0) is 13.0. The quantitative estimate of drug-likeness (QED) is 0.820. The van der Waals surface area contributed by atoms with Gasteiger partial charge in [0.05, 0.1) is 12.6 Å². The van der Waals surface area contributed by atoms with Gasteiger partial charge >= 0.3 is 0 Å². The Morgan fingerprint density at radius 3 is 2.94 bits per heavy atom. The smallest absolute Gasteiger partial charge is 0.222 e. The summed E-state index contributed by atoms with van der Waals surface area (Å²) in [5, 5.41) is 0. The number of rotatable bonds is 4. The summed E-state index contributed by atoms with van der Waals surface area (Å²) in [5.74, 6) is 0.161. The molecular formula is C14H20N2O2. The largest absolute Gasteiger partial charge is 0.399 e. The maximum Gasteiger partial charge on any atom is 0.222 e. The Bertz CT molecular complexity index is 414. The number of anilines is 1. The van der Waals surface area contributed by atoms with Gasteiger partial charge in [-0.15, -0.1) is 0 Å². The predicted octanol–water partition coefficient (Wildman–Crippen LogP) is 1.45. The second-order valence-electron chi connectivity index (χ2n) is 4.72. The van der Waals surface area contributed by atoms with E-state index >= 15 is 0 Å². The summed E-state index contributed by atoms with van der Waals surface area (Å²) < 4.78 is 5.30. The summed E-state index contributed by atoms with van der Waals surface area (Å²) in [6.07, 6.45) is 2.14. The van der Waals surface area contributed by atoms with Gasteiger partial charge in [-0.2, -0.15) is 0 Å². The van der Waals surface area contributed by atoms with Crippen molar-refractivity contribution in [1.29, 1.82) is 0 Å². The van der Waals surface area contributed by atoms with E-state index in [4.69, 9.17) is 10.5 Å². The number of likely N-dealkylation sites (N-methyl/N-ethyl adjacent to an activating group) is 1. The monoisotopic (exact) mass is 248 g/mol. The Kier molecular flexibility index (Phi) is 4.20. The summed E-state index contributed by atoms with van der Waals surface area (Å²) in [6, 6.07) is 7.94. The van der Waals surface area contributed by atoms with Gasteiger partial charge in [-0.05, 0) is 24.5 Å². The molecule has 0 radical (unpaired) electrons. The van der Waals surface area contributed by atoms with Gasteiger partial charge in [0, 0.05) is 25.8 Å². The number of nitrogen functional groups attached to an aromatic ring is 1. The molecule has 0 aromatic heterocycles. The van der Waals surface area contributed by atoms with Crippen LogP contribution < -0.4 is 5.73 Å². The van der Waals surface area contributed by atoms with Crippen LogP contribution in [0.15, 0.2) is 24.3 Å². The van der Waals surface area contributed by atoms with E-state index < -0.39 is 0 Å². The Labute approximate surface area is 108 Å². The molecule has 1 aromatic rings. The van der Waals surface area contributed by atoms with Crippen LogP contribution in [0, 0.1) is 0 Å². The van der Waals surface area contributed by atoms with Crippen LogP contribution in [-0.4, -0.2) is 37.1 Å². The standard InChI is InChI=1S/C14H20N2O2/c1-16(12-8-9-18-10-12)14(17)7-6-11-4-2-3-5-13(11)15/h2-5,12H,6-10,15H2,1H3. The average Bonchev–Trinajstić information content (AvgIpc) is 2.90. The molecule has 1 aliphatic rings. The number of nitrogens with two attached hydrogens (primary N) is 1. The molecule has 1 aliphatic heterocycles. The average molecular weight is 248 g/mol. The lowest BCUT2D eigenvalue weighted by Crippen LogP contribution is -2.37. The minimum absolute atomic E-state index is 0.161. The minimum atomic E-state index is 0.161. The van der Waals surface area contributed by atoms with Crippen molar-refractivity contribution >= 4 is 11.6 Å². The summed E-state index contributed by atoms with van der Waals surface area (Å²) in [6.45, 7) is 1.42. The third kappa shape index (κ3) is 3.01. The number of carbonyl (C=O) groups excluding carboxylic acids is 1. The molecule has 1 saturated heterocycles. The molecule has 1 unspecified atom stereocenters. The molecule has 1 amide bonds. The summed E-state index contributed by atoms with van der Waals surface area (Å²) in [5.41, 5.74) is 7.66. The Morgan fingerprint density at radius 1 is 1.50 bits per heavy atom. The van der Waals surface area contributed by atoms with Crippen molar-refractivity contribution in [3.8, 4) is 0 Å². The summed E-state index contributed by atoms with van der Waals surface area (Å²) in [7, 11) is 1.86. The third-order valence-electron chi connectivity index (χ3n) is 3.51. The van der Waals surface area contributed by atoms with E-state index in [0.29, 0.717) is 19.4 Å². The molecule has 2 N–H and O–H groups in total. The fraction of sp³-hybridized carbons (Fsp3) is 0.500. The van der Waals surface area contributed by atoms with Crippen molar-refractivity contribution in [3.63, 3.8) is 0 Å². The topological polar surface area (TPSA) is 55.6 Å². The Morgan fingerprint density at radius 2 is 2.28 bits per heavy atom. The molecule has 1 aromatic carbocycles.